The van der Waals surface area contributed by atoms with E-state index in [1.807, 2.05) is 12.2 Å². The van der Waals surface area contributed by atoms with Crippen LogP contribution in [0.1, 0.15) is 50.5 Å². The molecule has 0 radical (unpaired) electrons. The smallest absolute Gasteiger partial charge is 0.416 e. The topological polar surface area (TPSA) is 113 Å². The molecule has 10 heteroatoms. The highest BCUT2D eigenvalue weighted by Gasteiger charge is 2.39. The largest absolute Gasteiger partial charge is 0.489 e. The highest BCUT2D eigenvalue weighted by Crippen LogP contribution is 2.36. The Morgan fingerprint density at radius 3 is 2.46 bits per heavy atom. The number of benzene rings is 1. The molecule has 0 bridgehead atoms. The number of terminal acetylenes is 2. The van der Waals surface area contributed by atoms with Gasteiger partial charge in [-0.3, -0.25) is 9.59 Å². The zero-order valence-corrected chi connectivity index (χ0v) is 22.5. The molecule has 0 saturated heterocycles. The number of hydrogen-bond donors (Lipinski definition) is 3. The van der Waals surface area contributed by atoms with Gasteiger partial charge in [-0.2, -0.15) is 13.2 Å². The first-order chi connectivity index (χ1) is 19.5. The number of unbranched alkanes of at least 4 members (excludes halogenated alkanes) is 1. The molecule has 3 N–H and O–H groups in total. The van der Waals surface area contributed by atoms with E-state index in [1.54, 1.807) is 6.08 Å². The van der Waals surface area contributed by atoms with E-state index in [0.29, 0.717) is 19.3 Å². The van der Waals surface area contributed by atoms with E-state index in [2.05, 4.69) is 11.8 Å². The van der Waals surface area contributed by atoms with Crippen LogP contribution in [0, 0.1) is 42.4 Å². The molecule has 0 heterocycles. The summed E-state index contributed by atoms with van der Waals surface area (Å²) in [5.41, 5.74) is -0.899. The number of carboxylic acids is 1. The number of aliphatic carboxylic acids is 1. The molecule has 1 fully saturated rings. The number of esters is 1. The van der Waals surface area contributed by atoms with E-state index in [-0.39, 0.29) is 44.0 Å². The normalized spacial score (nSPS) is 21.6. The third kappa shape index (κ3) is 11.3. The molecule has 41 heavy (non-hydrogen) atoms. The second-order valence-corrected chi connectivity index (χ2v) is 9.81. The van der Waals surface area contributed by atoms with Crippen LogP contribution in [0.15, 0.2) is 48.6 Å². The van der Waals surface area contributed by atoms with Crippen molar-refractivity contribution in [3.8, 4) is 30.4 Å². The van der Waals surface area contributed by atoms with Gasteiger partial charge in [0.2, 0.25) is 0 Å². The summed E-state index contributed by atoms with van der Waals surface area (Å²) in [6, 6.07) is 4.27. The van der Waals surface area contributed by atoms with Crippen LogP contribution in [-0.2, 0) is 20.5 Å². The van der Waals surface area contributed by atoms with Gasteiger partial charge in [-0.25, -0.2) is 0 Å². The number of rotatable bonds is 15. The number of carbonyl (C=O) groups is 2. The lowest BCUT2D eigenvalue weighted by atomic mass is 9.89. The lowest BCUT2D eigenvalue weighted by molar-refractivity contribution is -0.152. The summed E-state index contributed by atoms with van der Waals surface area (Å²) < 4.78 is 50.4. The lowest BCUT2D eigenvalue weighted by Gasteiger charge is -2.22. The van der Waals surface area contributed by atoms with Crippen molar-refractivity contribution in [2.45, 2.75) is 69.4 Å². The highest BCUT2D eigenvalue weighted by molar-refractivity contribution is 5.73. The van der Waals surface area contributed by atoms with E-state index in [1.165, 1.54) is 18.2 Å². The van der Waals surface area contributed by atoms with Crippen LogP contribution >= 0.6 is 0 Å². The van der Waals surface area contributed by atoms with Gasteiger partial charge in [0.05, 0.1) is 23.7 Å². The van der Waals surface area contributed by atoms with Crippen molar-refractivity contribution in [3.05, 3.63) is 54.1 Å². The van der Waals surface area contributed by atoms with Gasteiger partial charge >= 0.3 is 18.1 Å². The van der Waals surface area contributed by atoms with Crippen LogP contribution in [0.4, 0.5) is 13.2 Å². The molecule has 0 amide bonds. The molecule has 1 aromatic carbocycles. The van der Waals surface area contributed by atoms with Crippen LogP contribution < -0.4 is 4.74 Å². The summed E-state index contributed by atoms with van der Waals surface area (Å²) in [6.07, 6.45) is 11.8. The van der Waals surface area contributed by atoms with E-state index in [9.17, 15) is 33.0 Å². The van der Waals surface area contributed by atoms with Crippen LogP contribution in [0.3, 0.4) is 0 Å². The molecule has 2 rings (SSSR count). The average molecular weight is 577 g/mol. The summed E-state index contributed by atoms with van der Waals surface area (Å²) in [7, 11) is 0. The lowest BCUT2D eigenvalue weighted by Crippen LogP contribution is -2.28. The standard InChI is InChI=1S/C31H35F3O7/c1-3-10-21(11-4-2)30(39)41-24(20-40-23-13-9-12-22(18-23)31(32,33)34)16-17-26-25(27(35)19-28(26)36)14-7-5-6-8-15-29(37)38/h1-2,5,7,9,12-13,16-18,21,24-28,35-36H,6,8,10-11,14-15,19-20H2,(H,37,38)/t24?,25-,26-,27+,28-/m1/s1. The van der Waals surface area contributed by atoms with Crippen LogP contribution in [0.5, 0.6) is 5.75 Å². The Labute approximate surface area is 238 Å². The third-order valence-corrected chi connectivity index (χ3v) is 6.71. The maximum absolute atomic E-state index is 13.1. The summed E-state index contributed by atoms with van der Waals surface area (Å²) in [6.45, 7) is -0.331. The van der Waals surface area contributed by atoms with E-state index in [4.69, 9.17) is 27.4 Å². The average Bonchev–Trinajstić information content (AvgIpc) is 3.18. The number of hydrogen-bond acceptors (Lipinski definition) is 6. The van der Waals surface area contributed by atoms with Gasteiger partial charge in [-0.1, -0.05) is 24.3 Å². The van der Waals surface area contributed by atoms with Gasteiger partial charge < -0.3 is 24.8 Å². The van der Waals surface area contributed by atoms with Gasteiger partial charge in [-0.15, -0.1) is 24.7 Å². The molecule has 7 nitrogen and oxygen atoms in total. The molecule has 222 valence electrons. The fourth-order valence-electron chi connectivity index (χ4n) is 4.54. The summed E-state index contributed by atoms with van der Waals surface area (Å²) >= 11 is 0. The monoisotopic (exact) mass is 576 g/mol. The SMILES string of the molecule is C#CCC(CC#C)C(=O)OC(C=C[C@@H]1[C@@H](CC=CCCCC(=O)O)[C@@H](O)C[C@H]1O)COc1cccc(C(F)(F)F)c1. The minimum Gasteiger partial charge on any atom is -0.489 e. The Kier molecular flexibility index (Phi) is 13.5. The quantitative estimate of drug-likeness (QED) is 0.119. The second kappa shape index (κ2) is 16.5. The van der Waals surface area contributed by atoms with E-state index in [0.717, 1.165) is 12.1 Å². The zero-order valence-electron chi connectivity index (χ0n) is 22.5. The molecule has 1 aliphatic carbocycles. The Bertz CT molecular complexity index is 1130. The summed E-state index contributed by atoms with van der Waals surface area (Å²) in [5.74, 6) is 1.40. The first-order valence-corrected chi connectivity index (χ1v) is 13.2. The summed E-state index contributed by atoms with van der Waals surface area (Å²) in [4.78, 5) is 23.4. The molecule has 0 aliphatic heterocycles. The number of allylic oxidation sites excluding steroid dienone is 2. The number of aliphatic hydroxyl groups excluding tert-OH is 2. The van der Waals surface area contributed by atoms with Crippen molar-refractivity contribution in [1.29, 1.82) is 0 Å². The zero-order chi connectivity index (χ0) is 30.4. The molecule has 1 unspecified atom stereocenters. The van der Waals surface area contributed by atoms with Crippen molar-refractivity contribution >= 4 is 11.9 Å². The Morgan fingerprint density at radius 1 is 1.12 bits per heavy atom. The molecule has 0 spiro atoms. The fourth-order valence-corrected chi connectivity index (χ4v) is 4.54. The Hall–Kier alpha value is -3.73. The number of ether oxygens (including phenoxy) is 2. The first kappa shape index (κ1) is 33.5. The van der Waals surface area contributed by atoms with Gasteiger partial charge in [0, 0.05) is 31.6 Å². The molecule has 0 aromatic heterocycles. The number of aliphatic hydroxyl groups is 2. The summed E-state index contributed by atoms with van der Waals surface area (Å²) in [5, 5.41) is 29.8. The third-order valence-electron chi connectivity index (χ3n) is 6.71. The van der Waals surface area contributed by atoms with Crippen molar-refractivity contribution in [2.24, 2.45) is 17.8 Å². The number of carboxylic acid groups (broad SMARTS) is 1. The number of carbonyl (C=O) groups excluding carboxylic acids is 1. The number of alkyl halides is 3. The predicted molar refractivity (Wildman–Crippen MR) is 145 cm³/mol. The molecule has 5 atom stereocenters. The molecular weight excluding hydrogens is 541 g/mol. The predicted octanol–water partition coefficient (Wildman–Crippen LogP) is 4.77. The maximum Gasteiger partial charge on any atom is 0.416 e. The van der Waals surface area contributed by atoms with Gasteiger partial charge in [-0.05, 0) is 49.5 Å². The van der Waals surface area contributed by atoms with Gasteiger partial charge in [0.25, 0.3) is 0 Å². The molecule has 1 saturated carbocycles. The maximum atomic E-state index is 13.1. The molecular formula is C31H35F3O7. The van der Waals surface area contributed by atoms with Crippen molar-refractivity contribution < 1.29 is 47.6 Å². The second-order valence-electron chi connectivity index (χ2n) is 9.81. The van der Waals surface area contributed by atoms with Crippen molar-refractivity contribution in [1.82, 2.24) is 0 Å². The minimum absolute atomic E-state index is 0.0301. The highest BCUT2D eigenvalue weighted by atomic mass is 19.4. The number of halogens is 3. The van der Waals surface area contributed by atoms with Crippen LogP contribution in [-0.4, -0.2) is 52.2 Å². The van der Waals surface area contributed by atoms with Gasteiger partial charge in [0.1, 0.15) is 12.4 Å². The molecule has 1 aromatic rings. The van der Waals surface area contributed by atoms with Gasteiger partial charge in [0.15, 0.2) is 6.10 Å². The fraction of sp³-hybridized carbons (Fsp3) is 0.484. The van der Waals surface area contributed by atoms with Crippen LogP contribution in [0.25, 0.3) is 0 Å². The van der Waals surface area contributed by atoms with E-state index >= 15 is 0 Å². The molecule has 1 aliphatic rings. The Morgan fingerprint density at radius 2 is 1.83 bits per heavy atom. The van der Waals surface area contributed by atoms with E-state index < -0.39 is 53.8 Å². The minimum atomic E-state index is -4.57. The van der Waals surface area contributed by atoms with Crippen molar-refractivity contribution in [2.75, 3.05) is 6.61 Å². The van der Waals surface area contributed by atoms with Crippen molar-refractivity contribution in [3.63, 3.8) is 0 Å². The first-order valence-electron chi connectivity index (χ1n) is 13.2. The van der Waals surface area contributed by atoms with Crippen LogP contribution in [0.2, 0.25) is 0 Å². The Balaban J connectivity index is 2.19.